The van der Waals surface area contributed by atoms with Crippen molar-refractivity contribution in [3.05, 3.63) is 0 Å². The van der Waals surface area contributed by atoms with Crippen LogP contribution in [0.15, 0.2) is 0 Å². The lowest BCUT2D eigenvalue weighted by atomic mass is 10.1. The molecule has 0 aliphatic carbocycles. The molecule has 1 aliphatic heterocycles. The standard InChI is InChI=1S/C6H12O6.C6H12O5/c7-1-3-4(9)5(10)6(11,2-8)12-3;1-3(8)5(10)6(11)4(9)2-7/h3-5,7-11H,1-2H2;2-6,8-11H,1H3/t3-,4-,5+,6-;3-,4-,5-,6-/m10/s1. The topological polar surface area (TPSA) is 208 Å². The summed E-state index contributed by atoms with van der Waals surface area (Å²) >= 11 is 0. The van der Waals surface area contributed by atoms with Gasteiger partial charge in [0, 0.05) is 0 Å². The summed E-state index contributed by atoms with van der Waals surface area (Å²) in [6.07, 6.45) is -9.91. The van der Waals surface area contributed by atoms with Gasteiger partial charge in [-0.25, -0.2) is 0 Å². The molecular formula is C12H24O11. The molecule has 0 spiro atoms. The van der Waals surface area contributed by atoms with Crippen LogP contribution in [0.5, 0.6) is 0 Å². The van der Waals surface area contributed by atoms with Crippen LogP contribution < -0.4 is 0 Å². The summed E-state index contributed by atoms with van der Waals surface area (Å²) in [5.74, 6) is -2.16. The third kappa shape index (κ3) is 5.69. The first kappa shape index (κ1) is 22.3. The molecule has 0 aromatic rings. The summed E-state index contributed by atoms with van der Waals surface area (Å²) in [5.41, 5.74) is 0. The SMILES string of the molecule is C[C@H](O)[C@H](O)[C@@H](O)[C@@H](O)C=O.OC[C@H]1O[C@](O)(CO)[C@@H](O)[C@@H]1O. The zero-order valence-corrected chi connectivity index (χ0v) is 12.4. The maximum absolute atomic E-state index is 9.87. The van der Waals surface area contributed by atoms with Crippen molar-refractivity contribution in [1.29, 1.82) is 0 Å². The van der Waals surface area contributed by atoms with Gasteiger partial charge in [-0.1, -0.05) is 0 Å². The molecule has 8 atom stereocenters. The van der Waals surface area contributed by atoms with Gasteiger partial charge in [-0.15, -0.1) is 0 Å². The summed E-state index contributed by atoms with van der Waals surface area (Å²) < 4.78 is 4.63. The van der Waals surface area contributed by atoms with Crippen LogP contribution >= 0.6 is 0 Å². The van der Waals surface area contributed by atoms with Crippen LogP contribution in [-0.4, -0.2) is 114 Å². The van der Waals surface area contributed by atoms with E-state index < -0.39 is 61.7 Å². The molecule has 138 valence electrons. The van der Waals surface area contributed by atoms with E-state index in [1.807, 2.05) is 0 Å². The monoisotopic (exact) mass is 344 g/mol. The number of hydrogen-bond acceptors (Lipinski definition) is 11. The van der Waals surface area contributed by atoms with Gasteiger partial charge < -0.3 is 55.5 Å². The molecule has 9 N–H and O–H groups in total. The Labute approximate surface area is 131 Å². The number of aldehydes is 1. The second-order valence-electron chi connectivity index (χ2n) is 5.13. The first-order chi connectivity index (χ1) is 10.5. The van der Waals surface area contributed by atoms with Crippen molar-refractivity contribution in [2.75, 3.05) is 13.2 Å². The third-order valence-corrected chi connectivity index (χ3v) is 3.26. The zero-order valence-electron chi connectivity index (χ0n) is 12.4. The molecule has 1 heterocycles. The van der Waals surface area contributed by atoms with Gasteiger partial charge in [0.2, 0.25) is 5.79 Å². The van der Waals surface area contributed by atoms with Crippen LogP contribution in [-0.2, 0) is 9.53 Å². The van der Waals surface area contributed by atoms with E-state index in [2.05, 4.69) is 4.74 Å². The molecule has 1 saturated heterocycles. The molecular weight excluding hydrogens is 320 g/mol. The fourth-order valence-corrected chi connectivity index (χ4v) is 1.72. The van der Waals surface area contributed by atoms with Crippen molar-refractivity contribution in [1.82, 2.24) is 0 Å². The minimum atomic E-state index is -2.16. The van der Waals surface area contributed by atoms with Crippen molar-refractivity contribution in [3.8, 4) is 0 Å². The number of aliphatic hydroxyl groups excluding tert-OH is 8. The van der Waals surface area contributed by atoms with Crippen molar-refractivity contribution in [2.24, 2.45) is 0 Å². The van der Waals surface area contributed by atoms with Gasteiger partial charge >= 0.3 is 0 Å². The number of carbonyl (C=O) groups excluding carboxylic acids is 1. The molecule has 0 radical (unpaired) electrons. The molecule has 0 unspecified atom stereocenters. The lowest BCUT2D eigenvalue weighted by Crippen LogP contribution is -2.46. The Bertz CT molecular complexity index is 352. The van der Waals surface area contributed by atoms with E-state index in [0.717, 1.165) is 0 Å². The van der Waals surface area contributed by atoms with Crippen molar-refractivity contribution in [2.45, 2.75) is 55.4 Å². The number of rotatable bonds is 6. The average Bonchev–Trinajstić information content (AvgIpc) is 2.77. The second kappa shape index (κ2) is 9.54. The zero-order chi connectivity index (χ0) is 18.4. The van der Waals surface area contributed by atoms with Gasteiger partial charge in [0.1, 0.15) is 36.6 Å². The van der Waals surface area contributed by atoms with E-state index in [1.54, 1.807) is 0 Å². The highest BCUT2D eigenvalue weighted by atomic mass is 16.7. The Hall–Kier alpha value is -0.730. The molecule has 0 saturated carbocycles. The van der Waals surface area contributed by atoms with Gasteiger partial charge in [-0.3, -0.25) is 0 Å². The number of carbonyl (C=O) groups is 1. The Kier molecular flexibility index (Phi) is 9.24. The molecule has 11 nitrogen and oxygen atoms in total. The fraction of sp³-hybridized carbons (Fsp3) is 0.917. The summed E-state index contributed by atoms with van der Waals surface area (Å²) in [7, 11) is 0. The first-order valence-electron chi connectivity index (χ1n) is 6.71. The molecule has 0 aromatic carbocycles. The average molecular weight is 344 g/mol. The van der Waals surface area contributed by atoms with Gasteiger partial charge in [-0.05, 0) is 6.92 Å². The maximum atomic E-state index is 9.87. The molecule has 1 aliphatic rings. The summed E-state index contributed by atoms with van der Waals surface area (Å²) in [5, 5.41) is 79.8. The van der Waals surface area contributed by atoms with Crippen LogP contribution in [0.25, 0.3) is 0 Å². The minimum absolute atomic E-state index is 0.0935. The lowest BCUT2D eigenvalue weighted by Gasteiger charge is -2.22. The molecule has 0 amide bonds. The Morgan fingerprint density at radius 2 is 1.65 bits per heavy atom. The summed E-state index contributed by atoms with van der Waals surface area (Å²) in [6.45, 7) is -0.117. The van der Waals surface area contributed by atoms with Crippen LogP contribution in [0.2, 0.25) is 0 Å². The predicted molar refractivity (Wildman–Crippen MR) is 71.8 cm³/mol. The second-order valence-corrected chi connectivity index (χ2v) is 5.13. The highest BCUT2D eigenvalue weighted by Crippen LogP contribution is 2.28. The minimum Gasteiger partial charge on any atom is -0.394 e. The van der Waals surface area contributed by atoms with Crippen molar-refractivity contribution >= 4 is 6.29 Å². The smallest absolute Gasteiger partial charge is 0.219 e. The van der Waals surface area contributed by atoms with E-state index in [1.165, 1.54) is 6.92 Å². The number of aliphatic hydroxyl groups is 9. The van der Waals surface area contributed by atoms with Crippen molar-refractivity contribution < 1.29 is 55.5 Å². The summed E-state index contributed by atoms with van der Waals surface area (Å²) in [4.78, 5) is 9.87. The number of hydrogen-bond donors (Lipinski definition) is 9. The molecule has 0 bridgehead atoms. The fourth-order valence-electron chi connectivity index (χ4n) is 1.72. The summed E-state index contributed by atoms with van der Waals surface area (Å²) in [6, 6.07) is 0. The van der Waals surface area contributed by atoms with Gasteiger partial charge in [0.15, 0.2) is 6.29 Å². The van der Waals surface area contributed by atoms with E-state index in [9.17, 15) is 9.90 Å². The molecule has 1 fully saturated rings. The van der Waals surface area contributed by atoms with Crippen molar-refractivity contribution in [3.63, 3.8) is 0 Å². The first-order valence-corrected chi connectivity index (χ1v) is 6.71. The molecule has 0 aromatic heterocycles. The highest BCUT2D eigenvalue weighted by molar-refractivity contribution is 5.56. The van der Waals surface area contributed by atoms with E-state index >= 15 is 0 Å². The van der Waals surface area contributed by atoms with E-state index in [0.29, 0.717) is 0 Å². The van der Waals surface area contributed by atoms with Gasteiger partial charge in [0.05, 0.1) is 19.3 Å². The van der Waals surface area contributed by atoms with Crippen LogP contribution in [0, 0.1) is 0 Å². The Balaban J connectivity index is 0.000000423. The molecule has 1 rings (SSSR count). The van der Waals surface area contributed by atoms with Gasteiger partial charge in [0.25, 0.3) is 0 Å². The lowest BCUT2D eigenvalue weighted by molar-refractivity contribution is -0.248. The van der Waals surface area contributed by atoms with Crippen LogP contribution in [0.4, 0.5) is 0 Å². The van der Waals surface area contributed by atoms with Crippen LogP contribution in [0.1, 0.15) is 6.92 Å². The van der Waals surface area contributed by atoms with E-state index in [4.69, 9.17) is 40.9 Å². The van der Waals surface area contributed by atoms with Gasteiger partial charge in [-0.2, -0.15) is 0 Å². The highest BCUT2D eigenvalue weighted by Gasteiger charge is 2.52. The third-order valence-electron chi connectivity index (χ3n) is 3.26. The van der Waals surface area contributed by atoms with E-state index in [-0.39, 0.29) is 6.29 Å². The molecule has 11 heteroatoms. The maximum Gasteiger partial charge on any atom is 0.219 e. The Morgan fingerprint density at radius 3 is 1.91 bits per heavy atom. The number of ether oxygens (including phenoxy) is 1. The quantitative estimate of drug-likeness (QED) is 0.207. The molecule has 23 heavy (non-hydrogen) atoms. The van der Waals surface area contributed by atoms with Crippen LogP contribution in [0.3, 0.4) is 0 Å². The largest absolute Gasteiger partial charge is 0.394 e. The predicted octanol–water partition coefficient (Wildman–Crippen LogP) is -5.57. The Morgan fingerprint density at radius 1 is 1.13 bits per heavy atom. The normalized spacial score (nSPS) is 35.7.